The monoisotopic (exact) mass is 387 g/mol. The van der Waals surface area contributed by atoms with E-state index in [0.29, 0.717) is 17.4 Å². The number of amides is 1. The second kappa shape index (κ2) is 7.24. The Hall–Kier alpha value is -1.11. The molecular formula is C14H15BrClN3OS. The summed E-state index contributed by atoms with van der Waals surface area (Å²) < 4.78 is 1.05. The molecule has 21 heavy (non-hydrogen) atoms. The first kappa shape index (κ1) is 16.3. The number of carbonyl (C=O) groups is 1. The second-order valence-electron chi connectivity index (χ2n) is 4.48. The van der Waals surface area contributed by atoms with E-state index in [0.717, 1.165) is 15.9 Å². The van der Waals surface area contributed by atoms with Crippen LogP contribution in [0.3, 0.4) is 0 Å². The molecule has 112 valence electrons. The highest BCUT2D eigenvalue weighted by atomic mass is 79.9. The molecular weight excluding hydrogens is 374 g/mol. The summed E-state index contributed by atoms with van der Waals surface area (Å²) in [4.78, 5) is 18.4. The van der Waals surface area contributed by atoms with Crippen LogP contribution in [-0.4, -0.2) is 29.4 Å². The molecule has 0 aliphatic heterocycles. The fourth-order valence-corrected chi connectivity index (χ4v) is 3.21. The van der Waals surface area contributed by atoms with Gasteiger partial charge in [0.1, 0.15) is 11.5 Å². The highest BCUT2D eigenvalue weighted by Gasteiger charge is 2.18. The number of hydrogen-bond donors (Lipinski definition) is 1. The normalized spacial score (nSPS) is 10.5. The Morgan fingerprint density at radius 1 is 1.52 bits per heavy atom. The van der Waals surface area contributed by atoms with Gasteiger partial charge in [-0.15, -0.1) is 11.3 Å². The second-order valence-corrected chi connectivity index (χ2v) is 7.18. The summed E-state index contributed by atoms with van der Waals surface area (Å²) in [5.41, 5.74) is 1.34. The third-order valence-corrected chi connectivity index (χ3v) is 4.65. The average Bonchev–Trinajstić information content (AvgIpc) is 2.85. The maximum atomic E-state index is 12.5. The van der Waals surface area contributed by atoms with Crippen molar-refractivity contribution >= 4 is 50.6 Å². The van der Waals surface area contributed by atoms with Crippen molar-refractivity contribution in [2.24, 2.45) is 0 Å². The third kappa shape index (κ3) is 4.18. The van der Waals surface area contributed by atoms with Crippen molar-refractivity contribution < 1.29 is 4.79 Å². The Morgan fingerprint density at radius 2 is 2.29 bits per heavy atom. The number of pyridine rings is 1. The van der Waals surface area contributed by atoms with Gasteiger partial charge in [-0.2, -0.15) is 0 Å². The molecule has 0 fully saturated rings. The number of halogens is 2. The molecule has 0 spiro atoms. The van der Waals surface area contributed by atoms with Crippen LogP contribution in [0.4, 0.5) is 5.82 Å². The molecule has 0 atom stereocenters. The Morgan fingerprint density at radius 3 is 2.90 bits per heavy atom. The number of hydrogen-bond acceptors (Lipinski definition) is 4. The number of aromatic nitrogens is 1. The number of nitrogens with zero attached hydrogens (tertiary/aromatic N) is 2. The van der Waals surface area contributed by atoms with Crippen LogP contribution >= 0.6 is 38.9 Å². The van der Waals surface area contributed by atoms with Crippen molar-refractivity contribution in [2.45, 2.75) is 13.5 Å². The summed E-state index contributed by atoms with van der Waals surface area (Å²) in [7, 11) is 1.74. The van der Waals surface area contributed by atoms with Crippen molar-refractivity contribution in [1.82, 2.24) is 9.88 Å². The molecule has 0 bridgehead atoms. The molecule has 2 aromatic heterocycles. The zero-order chi connectivity index (χ0) is 15.4. The zero-order valence-corrected chi connectivity index (χ0v) is 14.8. The molecule has 2 rings (SSSR count). The maximum Gasteiger partial charge on any atom is 0.274 e. The number of thiophene rings is 1. The molecule has 0 aromatic carbocycles. The van der Waals surface area contributed by atoms with E-state index in [4.69, 9.17) is 11.6 Å². The fraction of sp³-hybridized carbons (Fsp3) is 0.286. The van der Waals surface area contributed by atoms with Gasteiger partial charge in [-0.25, -0.2) is 4.98 Å². The molecule has 0 saturated carbocycles. The highest BCUT2D eigenvalue weighted by Crippen LogP contribution is 2.23. The number of carbonyl (C=O) groups excluding carboxylic acids is 1. The van der Waals surface area contributed by atoms with Crippen LogP contribution in [0.15, 0.2) is 27.4 Å². The maximum absolute atomic E-state index is 12.5. The van der Waals surface area contributed by atoms with Crippen LogP contribution < -0.4 is 5.32 Å². The third-order valence-electron chi connectivity index (χ3n) is 2.79. The first-order valence-electron chi connectivity index (χ1n) is 6.40. The summed E-state index contributed by atoms with van der Waals surface area (Å²) >= 11 is 11.1. The number of nitrogens with one attached hydrogen (secondary N) is 1. The van der Waals surface area contributed by atoms with Gasteiger partial charge >= 0.3 is 0 Å². The van der Waals surface area contributed by atoms with Crippen molar-refractivity contribution in [2.75, 3.05) is 18.9 Å². The van der Waals surface area contributed by atoms with Gasteiger partial charge < -0.3 is 10.2 Å². The molecule has 0 aliphatic rings. The minimum atomic E-state index is -0.193. The van der Waals surface area contributed by atoms with Crippen molar-refractivity contribution in [1.29, 1.82) is 0 Å². The van der Waals surface area contributed by atoms with Crippen LogP contribution in [0.1, 0.15) is 23.0 Å². The summed E-state index contributed by atoms with van der Waals surface area (Å²) in [5, 5.41) is 5.45. The van der Waals surface area contributed by atoms with Crippen molar-refractivity contribution in [3.8, 4) is 0 Å². The first-order valence-corrected chi connectivity index (χ1v) is 8.45. The van der Waals surface area contributed by atoms with E-state index in [9.17, 15) is 4.79 Å². The van der Waals surface area contributed by atoms with Crippen LogP contribution in [0.25, 0.3) is 0 Å². The smallest absolute Gasteiger partial charge is 0.274 e. The minimum absolute atomic E-state index is 0.193. The van der Waals surface area contributed by atoms with Gasteiger partial charge in [0.2, 0.25) is 0 Å². The molecule has 4 nitrogen and oxygen atoms in total. The predicted molar refractivity (Wildman–Crippen MR) is 91.2 cm³/mol. The van der Waals surface area contributed by atoms with E-state index < -0.39 is 0 Å². The Bertz CT molecular complexity index is 647. The summed E-state index contributed by atoms with van der Waals surface area (Å²) in [6.45, 7) is 3.23. The lowest BCUT2D eigenvalue weighted by Crippen LogP contribution is -2.27. The Labute approximate surface area is 141 Å². The van der Waals surface area contributed by atoms with Gasteiger partial charge in [0, 0.05) is 20.1 Å². The van der Waals surface area contributed by atoms with Gasteiger partial charge in [0.05, 0.1) is 8.81 Å². The largest absolute Gasteiger partial charge is 0.370 e. The number of anilines is 1. The van der Waals surface area contributed by atoms with Crippen LogP contribution in [0.2, 0.25) is 5.02 Å². The molecule has 0 saturated heterocycles. The molecule has 2 aromatic rings. The van der Waals surface area contributed by atoms with Crippen LogP contribution in [-0.2, 0) is 6.54 Å². The molecule has 0 unspecified atom stereocenters. The van der Waals surface area contributed by atoms with E-state index >= 15 is 0 Å². The lowest BCUT2D eigenvalue weighted by Gasteiger charge is -2.17. The molecule has 0 radical (unpaired) electrons. The summed E-state index contributed by atoms with van der Waals surface area (Å²) in [6.07, 6.45) is 0. The van der Waals surface area contributed by atoms with E-state index in [1.165, 1.54) is 0 Å². The first-order chi connectivity index (χ1) is 10.0. The van der Waals surface area contributed by atoms with Crippen LogP contribution in [0, 0.1) is 0 Å². The molecule has 2 heterocycles. The van der Waals surface area contributed by atoms with Gasteiger partial charge in [-0.1, -0.05) is 11.6 Å². The van der Waals surface area contributed by atoms with E-state index in [1.807, 2.05) is 18.4 Å². The predicted octanol–water partition coefficient (Wildman–Crippen LogP) is 4.26. The standard InChI is InChI=1S/C14H15BrClN3OS/c1-3-17-12-5-4-10(16)13(18-12)14(20)19(2)7-9-6-11(15)21-8-9/h4-6,8H,3,7H2,1-2H3,(H,17,18). The van der Waals surface area contributed by atoms with E-state index in [-0.39, 0.29) is 11.6 Å². The highest BCUT2D eigenvalue weighted by molar-refractivity contribution is 9.11. The topological polar surface area (TPSA) is 45.2 Å². The number of rotatable bonds is 5. The van der Waals surface area contributed by atoms with Gasteiger partial charge in [0.15, 0.2) is 0 Å². The Kier molecular flexibility index (Phi) is 5.61. The molecule has 0 aliphatic carbocycles. The van der Waals surface area contributed by atoms with Crippen molar-refractivity contribution in [3.05, 3.63) is 43.6 Å². The lowest BCUT2D eigenvalue weighted by molar-refractivity contribution is 0.0780. The van der Waals surface area contributed by atoms with E-state index in [2.05, 4.69) is 26.2 Å². The molecule has 1 N–H and O–H groups in total. The summed E-state index contributed by atoms with van der Waals surface area (Å²) in [6, 6.07) is 5.45. The van der Waals surface area contributed by atoms with Gasteiger partial charge in [-0.05, 0) is 52.0 Å². The lowest BCUT2D eigenvalue weighted by atomic mass is 10.2. The zero-order valence-electron chi connectivity index (χ0n) is 11.7. The molecule has 7 heteroatoms. The Balaban J connectivity index is 2.16. The van der Waals surface area contributed by atoms with E-state index in [1.54, 1.807) is 35.4 Å². The SMILES string of the molecule is CCNc1ccc(Cl)c(C(=O)N(C)Cc2csc(Br)c2)n1. The van der Waals surface area contributed by atoms with Gasteiger partial charge in [-0.3, -0.25) is 4.79 Å². The quantitative estimate of drug-likeness (QED) is 0.832. The van der Waals surface area contributed by atoms with Crippen molar-refractivity contribution in [3.63, 3.8) is 0 Å². The van der Waals surface area contributed by atoms with Gasteiger partial charge in [0.25, 0.3) is 5.91 Å². The summed E-state index contributed by atoms with van der Waals surface area (Å²) in [5.74, 6) is 0.457. The fourth-order valence-electron chi connectivity index (χ4n) is 1.83. The molecule has 1 amide bonds. The average molecular weight is 389 g/mol. The van der Waals surface area contributed by atoms with Crippen LogP contribution in [0.5, 0.6) is 0 Å². The minimum Gasteiger partial charge on any atom is -0.370 e.